The zero-order valence-corrected chi connectivity index (χ0v) is 11.1. The normalized spacial score (nSPS) is 22.3. The lowest BCUT2D eigenvalue weighted by molar-refractivity contribution is 0.363. The van der Waals surface area contributed by atoms with Gasteiger partial charge in [-0.2, -0.15) is 0 Å². The van der Waals surface area contributed by atoms with E-state index in [0.29, 0.717) is 0 Å². The lowest BCUT2D eigenvalue weighted by atomic mass is 9.89. The second-order valence-corrected chi connectivity index (χ2v) is 5.79. The minimum Gasteiger partial charge on any atom is -0.364 e. The van der Waals surface area contributed by atoms with Gasteiger partial charge in [0, 0.05) is 16.8 Å². The van der Waals surface area contributed by atoms with Crippen LogP contribution in [0.3, 0.4) is 0 Å². The smallest absolute Gasteiger partial charge is 0.133 e. The van der Waals surface area contributed by atoms with Crippen LogP contribution >= 0.6 is 0 Å². The second kappa shape index (κ2) is 4.84. The van der Waals surface area contributed by atoms with Crippen LogP contribution in [0.15, 0.2) is 6.33 Å². The number of aromatic nitrogens is 2. The van der Waals surface area contributed by atoms with Gasteiger partial charge in [-0.15, -0.1) is 0 Å². The Hall–Kier alpha value is -1.16. The first-order valence-corrected chi connectivity index (χ1v) is 7.08. The fourth-order valence-corrected chi connectivity index (χ4v) is 3.02. The molecule has 3 rings (SSSR count). The number of fused-ring (bicyclic) bond motifs is 1. The van der Waals surface area contributed by atoms with E-state index >= 15 is 0 Å². The van der Waals surface area contributed by atoms with Gasteiger partial charge in [0.25, 0.3) is 0 Å². The van der Waals surface area contributed by atoms with E-state index in [1.54, 1.807) is 6.33 Å². The summed E-state index contributed by atoms with van der Waals surface area (Å²) < 4.78 is 0. The molecule has 0 spiro atoms. The first kappa shape index (κ1) is 11.9. The molecule has 2 N–H and O–H groups in total. The van der Waals surface area contributed by atoms with E-state index in [0.717, 1.165) is 44.6 Å². The quantitative estimate of drug-likeness (QED) is 0.837. The molecule has 1 aliphatic carbocycles. The van der Waals surface area contributed by atoms with Crippen LogP contribution in [0.25, 0.3) is 0 Å². The molecule has 0 unspecified atom stereocenters. The highest BCUT2D eigenvalue weighted by atomic mass is 15.1. The van der Waals surface area contributed by atoms with Gasteiger partial charge in [0.1, 0.15) is 12.1 Å². The average molecular weight is 246 g/mol. The van der Waals surface area contributed by atoms with E-state index in [1.807, 2.05) is 0 Å². The third-order valence-electron chi connectivity index (χ3n) is 4.25. The molecule has 1 aromatic rings. The fourth-order valence-electron chi connectivity index (χ4n) is 3.02. The molecule has 1 saturated heterocycles. The molecule has 0 bridgehead atoms. The fraction of sp³-hybridized carbons (Fsp3) is 0.714. The van der Waals surface area contributed by atoms with Crippen molar-refractivity contribution in [2.45, 2.75) is 51.0 Å². The molecule has 2 heterocycles. The Balaban J connectivity index is 1.83. The molecule has 0 atom stereocenters. The Morgan fingerprint density at radius 3 is 2.78 bits per heavy atom. The van der Waals surface area contributed by atoms with Crippen molar-refractivity contribution in [2.24, 2.45) is 0 Å². The molecule has 1 fully saturated rings. The number of rotatable bonds is 2. The van der Waals surface area contributed by atoms with Crippen molar-refractivity contribution >= 4 is 5.82 Å². The van der Waals surface area contributed by atoms with Crippen LogP contribution < -0.4 is 10.6 Å². The molecular weight excluding hydrogens is 224 g/mol. The summed E-state index contributed by atoms with van der Waals surface area (Å²) in [7, 11) is 0. The van der Waals surface area contributed by atoms with Crippen LogP contribution in [0.4, 0.5) is 5.82 Å². The number of anilines is 1. The molecule has 1 aromatic heterocycles. The molecule has 0 radical (unpaired) electrons. The Kier molecular flexibility index (Phi) is 3.20. The summed E-state index contributed by atoms with van der Waals surface area (Å²) in [6, 6.07) is 0. The van der Waals surface area contributed by atoms with Gasteiger partial charge in [-0.1, -0.05) is 0 Å². The van der Waals surface area contributed by atoms with Crippen molar-refractivity contribution in [3.63, 3.8) is 0 Å². The first-order valence-electron chi connectivity index (χ1n) is 7.08. The monoisotopic (exact) mass is 246 g/mol. The van der Waals surface area contributed by atoms with E-state index in [2.05, 4.69) is 27.5 Å². The number of hydrogen-bond acceptors (Lipinski definition) is 4. The molecule has 2 aliphatic rings. The summed E-state index contributed by atoms with van der Waals surface area (Å²) >= 11 is 0. The maximum atomic E-state index is 4.49. The predicted molar refractivity (Wildman–Crippen MR) is 72.8 cm³/mol. The molecule has 4 heteroatoms. The van der Waals surface area contributed by atoms with Crippen molar-refractivity contribution in [3.8, 4) is 0 Å². The van der Waals surface area contributed by atoms with E-state index < -0.39 is 0 Å². The standard InChI is InChI=1S/C14H22N4/c1-14(6-8-15-9-7-14)18-13-11-4-2-3-5-12(11)16-10-17-13/h10,15H,2-9H2,1H3,(H,16,17,18). The van der Waals surface area contributed by atoms with Crippen LogP contribution in [-0.2, 0) is 12.8 Å². The van der Waals surface area contributed by atoms with Gasteiger partial charge in [0.05, 0.1) is 0 Å². The number of aryl methyl sites for hydroxylation is 1. The van der Waals surface area contributed by atoms with E-state index in [4.69, 9.17) is 0 Å². The largest absolute Gasteiger partial charge is 0.364 e. The Labute approximate surface area is 109 Å². The van der Waals surface area contributed by atoms with E-state index in [1.165, 1.54) is 24.1 Å². The number of piperidine rings is 1. The molecule has 4 nitrogen and oxygen atoms in total. The highest BCUT2D eigenvalue weighted by Crippen LogP contribution is 2.29. The Morgan fingerprint density at radius 1 is 1.17 bits per heavy atom. The molecule has 98 valence electrons. The Bertz CT molecular complexity index is 424. The van der Waals surface area contributed by atoms with E-state index in [9.17, 15) is 0 Å². The third-order valence-corrected chi connectivity index (χ3v) is 4.25. The average Bonchev–Trinajstić information content (AvgIpc) is 2.40. The summed E-state index contributed by atoms with van der Waals surface area (Å²) in [5.41, 5.74) is 2.81. The summed E-state index contributed by atoms with van der Waals surface area (Å²) in [6.07, 6.45) is 8.82. The van der Waals surface area contributed by atoms with Crippen LogP contribution in [0.2, 0.25) is 0 Å². The van der Waals surface area contributed by atoms with Crippen LogP contribution in [-0.4, -0.2) is 28.6 Å². The highest BCUT2D eigenvalue weighted by Gasteiger charge is 2.28. The van der Waals surface area contributed by atoms with Gasteiger partial charge in [-0.3, -0.25) is 0 Å². The van der Waals surface area contributed by atoms with Gasteiger partial charge < -0.3 is 10.6 Å². The van der Waals surface area contributed by atoms with Crippen molar-refractivity contribution in [3.05, 3.63) is 17.6 Å². The molecule has 18 heavy (non-hydrogen) atoms. The van der Waals surface area contributed by atoms with Crippen molar-refractivity contribution in [1.29, 1.82) is 0 Å². The summed E-state index contributed by atoms with van der Waals surface area (Å²) in [6.45, 7) is 4.50. The summed E-state index contributed by atoms with van der Waals surface area (Å²) in [4.78, 5) is 8.92. The maximum Gasteiger partial charge on any atom is 0.133 e. The minimum absolute atomic E-state index is 0.185. The van der Waals surface area contributed by atoms with E-state index in [-0.39, 0.29) is 5.54 Å². The molecule has 0 aromatic carbocycles. The Morgan fingerprint density at radius 2 is 1.94 bits per heavy atom. The lowest BCUT2D eigenvalue weighted by Gasteiger charge is -2.36. The van der Waals surface area contributed by atoms with Gasteiger partial charge in [-0.05, 0) is 58.5 Å². The van der Waals surface area contributed by atoms with Gasteiger partial charge >= 0.3 is 0 Å². The lowest BCUT2D eigenvalue weighted by Crippen LogP contribution is -2.45. The van der Waals surface area contributed by atoms with Crippen LogP contribution in [0.1, 0.15) is 43.9 Å². The SMILES string of the molecule is CC1(Nc2ncnc3c2CCCC3)CCNCC1. The molecule has 0 amide bonds. The van der Waals surface area contributed by atoms with Crippen LogP contribution in [0, 0.1) is 0 Å². The molecule has 0 saturated carbocycles. The zero-order valence-electron chi connectivity index (χ0n) is 11.1. The number of hydrogen-bond donors (Lipinski definition) is 2. The van der Waals surface area contributed by atoms with Gasteiger partial charge in [-0.25, -0.2) is 9.97 Å². The maximum absolute atomic E-state index is 4.49. The van der Waals surface area contributed by atoms with Gasteiger partial charge in [0.15, 0.2) is 0 Å². The van der Waals surface area contributed by atoms with Crippen molar-refractivity contribution in [2.75, 3.05) is 18.4 Å². The summed E-state index contributed by atoms with van der Waals surface area (Å²) in [5, 5.41) is 7.11. The first-order chi connectivity index (χ1) is 8.77. The van der Waals surface area contributed by atoms with Crippen LogP contribution in [0.5, 0.6) is 0 Å². The third kappa shape index (κ3) is 2.34. The topological polar surface area (TPSA) is 49.8 Å². The molecule has 1 aliphatic heterocycles. The minimum atomic E-state index is 0.185. The highest BCUT2D eigenvalue weighted by molar-refractivity contribution is 5.48. The van der Waals surface area contributed by atoms with Crippen molar-refractivity contribution in [1.82, 2.24) is 15.3 Å². The van der Waals surface area contributed by atoms with Gasteiger partial charge in [0.2, 0.25) is 0 Å². The number of nitrogens with one attached hydrogen (secondary N) is 2. The predicted octanol–water partition coefficient (Wildman–Crippen LogP) is 1.91. The van der Waals surface area contributed by atoms with Crippen molar-refractivity contribution < 1.29 is 0 Å². The second-order valence-electron chi connectivity index (χ2n) is 5.79. The molecular formula is C14H22N4. The summed E-state index contributed by atoms with van der Waals surface area (Å²) in [5.74, 6) is 1.09. The zero-order chi connectivity index (χ0) is 12.4. The number of nitrogens with zero attached hydrogens (tertiary/aromatic N) is 2.